The summed E-state index contributed by atoms with van der Waals surface area (Å²) in [5, 5.41) is 7.27. The van der Waals surface area contributed by atoms with Crippen LogP contribution in [0.4, 0.5) is 10.1 Å². The molecule has 0 saturated heterocycles. The van der Waals surface area contributed by atoms with E-state index in [0.29, 0.717) is 28.0 Å². The molecule has 2 heterocycles. The van der Waals surface area contributed by atoms with Gasteiger partial charge in [-0.3, -0.25) is 14.2 Å². The standard InChI is InChI=1S/C22H19FN4O3/c1-13(2)21-25-22(30-26-21)17-11-20(29)27(18-9-4-3-8-16(17)18)12-19(28)24-15-7-5-6-14(23)10-15/h3-11,13H,12H2,1-2H3,(H,24,28). The Morgan fingerprint density at radius 2 is 1.97 bits per heavy atom. The van der Waals surface area contributed by atoms with Crippen LogP contribution in [0.2, 0.25) is 0 Å². The number of nitrogens with one attached hydrogen (secondary N) is 1. The lowest BCUT2D eigenvalue weighted by Crippen LogP contribution is -2.27. The predicted octanol–water partition coefficient (Wildman–Crippen LogP) is 3.95. The van der Waals surface area contributed by atoms with Gasteiger partial charge in [0.1, 0.15) is 12.4 Å². The van der Waals surface area contributed by atoms with E-state index >= 15 is 0 Å². The molecule has 2 aromatic carbocycles. The molecule has 1 N–H and O–H groups in total. The zero-order valence-electron chi connectivity index (χ0n) is 16.4. The number of benzene rings is 2. The summed E-state index contributed by atoms with van der Waals surface area (Å²) in [5.74, 6) is -0.0164. The largest absolute Gasteiger partial charge is 0.334 e. The van der Waals surface area contributed by atoms with Crippen LogP contribution in [0, 0.1) is 5.82 Å². The fourth-order valence-corrected chi connectivity index (χ4v) is 3.16. The third-order valence-corrected chi connectivity index (χ3v) is 4.62. The lowest BCUT2D eigenvalue weighted by molar-refractivity contribution is -0.116. The molecule has 0 atom stereocenters. The molecule has 0 saturated carbocycles. The molecule has 4 aromatic rings. The number of aromatic nitrogens is 3. The van der Waals surface area contributed by atoms with E-state index in [1.165, 1.54) is 28.8 Å². The number of rotatable bonds is 5. The molecule has 0 aliphatic heterocycles. The lowest BCUT2D eigenvalue weighted by Gasteiger charge is -2.12. The van der Waals surface area contributed by atoms with Crippen molar-refractivity contribution in [1.29, 1.82) is 0 Å². The van der Waals surface area contributed by atoms with Crippen LogP contribution in [0.5, 0.6) is 0 Å². The van der Waals surface area contributed by atoms with Crippen LogP contribution in [0.15, 0.2) is 63.9 Å². The summed E-state index contributed by atoms with van der Waals surface area (Å²) in [6, 6.07) is 14.1. The first-order valence-corrected chi connectivity index (χ1v) is 9.44. The van der Waals surface area contributed by atoms with Gasteiger partial charge in [-0.2, -0.15) is 4.98 Å². The van der Waals surface area contributed by atoms with Gasteiger partial charge in [-0.1, -0.05) is 43.3 Å². The third-order valence-electron chi connectivity index (χ3n) is 4.62. The molecule has 2 aromatic heterocycles. The second kappa shape index (κ2) is 7.90. The molecule has 0 aliphatic rings. The van der Waals surface area contributed by atoms with Crippen molar-refractivity contribution in [3.63, 3.8) is 0 Å². The van der Waals surface area contributed by atoms with E-state index in [2.05, 4.69) is 15.5 Å². The van der Waals surface area contributed by atoms with Gasteiger partial charge in [0.25, 0.3) is 11.4 Å². The molecule has 0 radical (unpaired) electrons. The van der Waals surface area contributed by atoms with E-state index < -0.39 is 11.7 Å². The molecule has 0 fully saturated rings. The Bertz CT molecular complexity index is 1290. The molecule has 0 spiro atoms. The maximum atomic E-state index is 13.3. The van der Waals surface area contributed by atoms with Crippen molar-refractivity contribution in [2.24, 2.45) is 0 Å². The average Bonchev–Trinajstić information content (AvgIpc) is 3.20. The van der Waals surface area contributed by atoms with Crippen LogP contribution in [0.25, 0.3) is 22.4 Å². The number of fused-ring (bicyclic) bond motifs is 1. The highest BCUT2D eigenvalue weighted by atomic mass is 19.1. The smallest absolute Gasteiger partial charge is 0.258 e. The Balaban J connectivity index is 1.72. The number of pyridine rings is 1. The Labute approximate surface area is 171 Å². The highest BCUT2D eigenvalue weighted by molar-refractivity contribution is 5.95. The Morgan fingerprint density at radius 1 is 1.17 bits per heavy atom. The van der Waals surface area contributed by atoms with E-state index in [1.54, 1.807) is 18.2 Å². The summed E-state index contributed by atoms with van der Waals surface area (Å²) >= 11 is 0. The molecular formula is C22H19FN4O3. The summed E-state index contributed by atoms with van der Waals surface area (Å²) in [6.07, 6.45) is 0. The second-order valence-electron chi connectivity index (χ2n) is 7.17. The number of hydrogen-bond donors (Lipinski definition) is 1. The summed E-state index contributed by atoms with van der Waals surface area (Å²) in [5.41, 5.74) is 0.999. The van der Waals surface area contributed by atoms with Crippen LogP contribution in [0.1, 0.15) is 25.6 Å². The zero-order chi connectivity index (χ0) is 21.3. The van der Waals surface area contributed by atoms with Crippen LogP contribution in [-0.4, -0.2) is 20.6 Å². The van der Waals surface area contributed by atoms with Gasteiger partial charge < -0.3 is 9.84 Å². The lowest BCUT2D eigenvalue weighted by atomic mass is 10.1. The molecule has 1 amide bonds. The van der Waals surface area contributed by atoms with Crippen molar-refractivity contribution >= 4 is 22.5 Å². The van der Waals surface area contributed by atoms with Gasteiger partial charge in [0.2, 0.25) is 5.91 Å². The van der Waals surface area contributed by atoms with Gasteiger partial charge in [0, 0.05) is 23.1 Å². The minimum absolute atomic E-state index is 0.0839. The number of anilines is 1. The summed E-state index contributed by atoms with van der Waals surface area (Å²) in [6.45, 7) is 3.67. The first-order chi connectivity index (χ1) is 14.4. The van der Waals surface area contributed by atoms with Gasteiger partial charge in [0.05, 0.1) is 11.1 Å². The molecule has 8 heteroatoms. The van der Waals surface area contributed by atoms with Gasteiger partial charge >= 0.3 is 0 Å². The second-order valence-corrected chi connectivity index (χ2v) is 7.17. The fourth-order valence-electron chi connectivity index (χ4n) is 3.16. The molecule has 0 aliphatic carbocycles. The quantitative estimate of drug-likeness (QED) is 0.542. The van der Waals surface area contributed by atoms with Gasteiger partial charge in [-0.05, 0) is 24.3 Å². The molecule has 0 unspecified atom stereocenters. The predicted molar refractivity (Wildman–Crippen MR) is 111 cm³/mol. The number of amides is 1. The van der Waals surface area contributed by atoms with Gasteiger partial charge in [-0.25, -0.2) is 4.39 Å². The highest BCUT2D eigenvalue weighted by Gasteiger charge is 2.18. The van der Waals surface area contributed by atoms with Crippen molar-refractivity contribution < 1.29 is 13.7 Å². The first-order valence-electron chi connectivity index (χ1n) is 9.44. The van der Waals surface area contributed by atoms with Crippen LogP contribution < -0.4 is 10.9 Å². The molecule has 152 valence electrons. The molecule has 7 nitrogen and oxygen atoms in total. The van der Waals surface area contributed by atoms with Crippen molar-refractivity contribution in [3.8, 4) is 11.5 Å². The SMILES string of the molecule is CC(C)c1noc(-c2cc(=O)n(CC(=O)Nc3cccc(F)c3)c3ccccc23)n1. The van der Waals surface area contributed by atoms with Crippen molar-refractivity contribution in [2.75, 3.05) is 5.32 Å². The topological polar surface area (TPSA) is 90.0 Å². The molecule has 0 bridgehead atoms. The van der Waals surface area contributed by atoms with Crippen molar-refractivity contribution in [3.05, 3.63) is 76.6 Å². The summed E-state index contributed by atoms with van der Waals surface area (Å²) in [7, 11) is 0. The van der Waals surface area contributed by atoms with Gasteiger partial charge in [0.15, 0.2) is 5.82 Å². The number of carbonyl (C=O) groups is 1. The third kappa shape index (κ3) is 3.84. The number of hydrogen-bond acceptors (Lipinski definition) is 5. The van der Waals surface area contributed by atoms with E-state index in [9.17, 15) is 14.0 Å². The van der Waals surface area contributed by atoms with Crippen LogP contribution >= 0.6 is 0 Å². The van der Waals surface area contributed by atoms with Gasteiger partial charge in [-0.15, -0.1) is 0 Å². The normalized spacial score (nSPS) is 11.2. The van der Waals surface area contributed by atoms with E-state index in [1.807, 2.05) is 26.0 Å². The molecule has 4 rings (SSSR count). The maximum Gasteiger partial charge on any atom is 0.258 e. The Morgan fingerprint density at radius 3 is 2.70 bits per heavy atom. The average molecular weight is 406 g/mol. The van der Waals surface area contributed by atoms with E-state index in [4.69, 9.17) is 4.52 Å². The Hall–Kier alpha value is -3.81. The summed E-state index contributed by atoms with van der Waals surface area (Å²) in [4.78, 5) is 29.7. The highest BCUT2D eigenvalue weighted by Crippen LogP contribution is 2.27. The van der Waals surface area contributed by atoms with Crippen LogP contribution in [0.3, 0.4) is 0 Å². The number of halogens is 1. The molecular weight excluding hydrogens is 387 g/mol. The first kappa shape index (κ1) is 19.5. The number of carbonyl (C=O) groups excluding carboxylic acids is 1. The van der Waals surface area contributed by atoms with E-state index in [0.717, 1.165) is 0 Å². The minimum atomic E-state index is -0.458. The van der Waals surface area contributed by atoms with Crippen LogP contribution in [-0.2, 0) is 11.3 Å². The fraction of sp³-hybridized carbons (Fsp3) is 0.182. The molecule has 30 heavy (non-hydrogen) atoms. The zero-order valence-corrected chi connectivity index (χ0v) is 16.4. The minimum Gasteiger partial charge on any atom is -0.334 e. The van der Waals surface area contributed by atoms with Crippen molar-refractivity contribution in [2.45, 2.75) is 26.3 Å². The monoisotopic (exact) mass is 406 g/mol. The number of para-hydroxylation sites is 1. The Kier molecular flexibility index (Phi) is 5.14. The van der Waals surface area contributed by atoms with Crippen molar-refractivity contribution in [1.82, 2.24) is 14.7 Å². The number of nitrogens with zero attached hydrogens (tertiary/aromatic N) is 3. The van der Waals surface area contributed by atoms with E-state index in [-0.39, 0.29) is 23.9 Å². The maximum absolute atomic E-state index is 13.3. The summed E-state index contributed by atoms with van der Waals surface area (Å²) < 4.78 is 20.1.